The molecule has 1 rings (SSSR count). The maximum absolute atomic E-state index is 11.3. The lowest BCUT2D eigenvalue weighted by Crippen LogP contribution is -2.51. The number of nitrogens with two attached hydrogens (primary N) is 1. The summed E-state index contributed by atoms with van der Waals surface area (Å²) in [5, 5.41) is 11.8. The molecule has 0 saturated carbocycles. The first kappa shape index (κ1) is 13.0. The number of oxime groups is 1. The first-order valence-electron chi connectivity index (χ1n) is 4.95. The van der Waals surface area contributed by atoms with Crippen LogP contribution in [-0.2, 0) is 4.74 Å². The molecule has 0 aromatic carbocycles. The first-order chi connectivity index (χ1) is 7.59. The molecule has 16 heavy (non-hydrogen) atoms. The molecule has 7 heteroatoms. The lowest BCUT2D eigenvalue weighted by atomic mass is 9.95. The second kappa shape index (κ2) is 5.29. The Hall–Kier alpha value is -1.11. The van der Waals surface area contributed by atoms with Gasteiger partial charge in [-0.2, -0.15) is 11.8 Å². The molecule has 0 aromatic rings. The van der Waals surface area contributed by atoms with Crippen LogP contribution in [-0.4, -0.2) is 53.2 Å². The van der Waals surface area contributed by atoms with Gasteiger partial charge in [0.15, 0.2) is 5.84 Å². The minimum absolute atomic E-state index is 0.226. The van der Waals surface area contributed by atoms with Crippen LogP contribution in [0.2, 0.25) is 0 Å². The molecule has 1 aliphatic heterocycles. The van der Waals surface area contributed by atoms with Gasteiger partial charge in [-0.25, -0.2) is 4.79 Å². The van der Waals surface area contributed by atoms with E-state index in [-0.39, 0.29) is 16.7 Å². The third kappa shape index (κ3) is 2.34. The second-order valence-corrected chi connectivity index (χ2v) is 4.83. The summed E-state index contributed by atoms with van der Waals surface area (Å²) in [7, 11) is 1.36. The molecule has 1 saturated heterocycles. The van der Waals surface area contributed by atoms with E-state index >= 15 is 0 Å². The SMILES string of the molecule is COC(=O)N1CCC(SC)(C(N)=NO)CC1. The number of carbonyl (C=O) groups is 1. The number of thioether (sulfide) groups is 1. The number of amidine groups is 1. The van der Waals surface area contributed by atoms with Crippen LogP contribution in [0.1, 0.15) is 12.8 Å². The van der Waals surface area contributed by atoms with Crippen molar-refractivity contribution in [1.29, 1.82) is 0 Å². The number of carbonyl (C=O) groups excluding carboxylic acids is 1. The molecule has 92 valence electrons. The molecule has 0 spiro atoms. The van der Waals surface area contributed by atoms with Crippen LogP contribution in [0.4, 0.5) is 4.79 Å². The molecular weight excluding hydrogens is 230 g/mol. The Morgan fingerprint density at radius 3 is 2.50 bits per heavy atom. The average Bonchev–Trinajstić information content (AvgIpc) is 2.36. The molecular formula is C9H17N3O3S. The molecule has 0 atom stereocenters. The highest BCUT2D eigenvalue weighted by Crippen LogP contribution is 2.34. The summed E-state index contributed by atoms with van der Waals surface area (Å²) in [4.78, 5) is 12.9. The van der Waals surface area contributed by atoms with Crippen LogP contribution >= 0.6 is 11.8 Å². The van der Waals surface area contributed by atoms with Gasteiger partial charge >= 0.3 is 6.09 Å². The molecule has 0 aliphatic carbocycles. The van der Waals surface area contributed by atoms with Crippen LogP contribution in [0.5, 0.6) is 0 Å². The summed E-state index contributed by atoms with van der Waals surface area (Å²) >= 11 is 1.55. The third-order valence-corrected chi connectivity index (χ3v) is 4.37. The van der Waals surface area contributed by atoms with Crippen molar-refractivity contribution >= 4 is 23.7 Å². The summed E-state index contributed by atoms with van der Waals surface area (Å²) in [5.41, 5.74) is 5.69. The van der Waals surface area contributed by atoms with Gasteiger partial charge in [0, 0.05) is 13.1 Å². The summed E-state index contributed by atoms with van der Waals surface area (Å²) in [6, 6.07) is 0. The van der Waals surface area contributed by atoms with E-state index in [1.54, 1.807) is 16.7 Å². The number of piperidine rings is 1. The van der Waals surface area contributed by atoms with Gasteiger partial charge in [-0.1, -0.05) is 5.16 Å². The fourth-order valence-electron chi connectivity index (χ4n) is 1.84. The Labute approximate surface area is 98.8 Å². The monoisotopic (exact) mass is 247 g/mol. The summed E-state index contributed by atoms with van der Waals surface area (Å²) < 4.78 is 4.29. The van der Waals surface area contributed by atoms with Crippen molar-refractivity contribution in [2.75, 3.05) is 26.5 Å². The number of nitrogens with zero attached hydrogens (tertiary/aromatic N) is 2. The Balaban J connectivity index is 2.68. The maximum Gasteiger partial charge on any atom is 0.409 e. The highest BCUT2D eigenvalue weighted by atomic mass is 32.2. The molecule has 0 aromatic heterocycles. The minimum Gasteiger partial charge on any atom is -0.453 e. The number of hydrogen-bond donors (Lipinski definition) is 2. The quantitative estimate of drug-likeness (QED) is 0.324. The van der Waals surface area contributed by atoms with Crippen molar-refractivity contribution in [3.05, 3.63) is 0 Å². The van der Waals surface area contributed by atoms with E-state index in [2.05, 4.69) is 9.89 Å². The number of rotatable bonds is 2. The number of methoxy groups -OCH3 is 1. The minimum atomic E-state index is -0.362. The fraction of sp³-hybridized carbons (Fsp3) is 0.778. The molecule has 0 unspecified atom stereocenters. The van der Waals surface area contributed by atoms with E-state index in [0.717, 1.165) is 0 Å². The maximum atomic E-state index is 11.3. The number of ether oxygens (including phenoxy) is 1. The second-order valence-electron chi connectivity index (χ2n) is 3.64. The third-order valence-electron chi connectivity index (χ3n) is 2.97. The predicted molar refractivity (Wildman–Crippen MR) is 62.9 cm³/mol. The Kier molecular flexibility index (Phi) is 4.28. The Morgan fingerprint density at radius 2 is 2.12 bits per heavy atom. The van der Waals surface area contributed by atoms with Crippen molar-refractivity contribution in [1.82, 2.24) is 4.90 Å². The summed E-state index contributed by atoms with van der Waals surface area (Å²) in [6.07, 6.45) is 2.93. The smallest absolute Gasteiger partial charge is 0.409 e. The normalized spacial score (nSPS) is 20.6. The van der Waals surface area contributed by atoms with Crippen molar-refractivity contribution in [3.63, 3.8) is 0 Å². The van der Waals surface area contributed by atoms with E-state index < -0.39 is 0 Å². The average molecular weight is 247 g/mol. The fourth-order valence-corrected chi connectivity index (χ4v) is 2.68. The zero-order valence-electron chi connectivity index (χ0n) is 9.47. The molecule has 0 radical (unpaired) electrons. The van der Waals surface area contributed by atoms with E-state index in [9.17, 15) is 4.79 Å². The van der Waals surface area contributed by atoms with Gasteiger partial charge in [-0.05, 0) is 19.1 Å². The molecule has 3 N–H and O–H groups in total. The van der Waals surface area contributed by atoms with Gasteiger partial charge in [-0.15, -0.1) is 0 Å². The van der Waals surface area contributed by atoms with Gasteiger partial charge in [0.25, 0.3) is 0 Å². The molecule has 1 heterocycles. The van der Waals surface area contributed by atoms with Gasteiger partial charge < -0.3 is 20.6 Å². The zero-order chi connectivity index (χ0) is 12.2. The van der Waals surface area contributed by atoms with Crippen LogP contribution in [0, 0.1) is 0 Å². The van der Waals surface area contributed by atoms with Crippen LogP contribution < -0.4 is 5.73 Å². The van der Waals surface area contributed by atoms with E-state index in [0.29, 0.717) is 25.9 Å². The van der Waals surface area contributed by atoms with Crippen LogP contribution in [0.3, 0.4) is 0 Å². The lowest BCUT2D eigenvalue weighted by Gasteiger charge is -2.38. The Morgan fingerprint density at radius 1 is 1.56 bits per heavy atom. The predicted octanol–water partition coefficient (Wildman–Crippen LogP) is 0.697. The number of hydrogen-bond acceptors (Lipinski definition) is 5. The largest absolute Gasteiger partial charge is 0.453 e. The molecule has 0 bridgehead atoms. The van der Waals surface area contributed by atoms with Crippen LogP contribution in [0.25, 0.3) is 0 Å². The van der Waals surface area contributed by atoms with Gasteiger partial charge in [0.05, 0.1) is 11.9 Å². The topological polar surface area (TPSA) is 88.2 Å². The van der Waals surface area contributed by atoms with Crippen molar-refractivity contribution in [3.8, 4) is 0 Å². The number of amides is 1. The molecule has 1 fully saturated rings. The Bertz CT molecular complexity index is 288. The highest BCUT2D eigenvalue weighted by Gasteiger charge is 2.39. The van der Waals surface area contributed by atoms with Gasteiger partial charge in [-0.3, -0.25) is 0 Å². The first-order valence-corrected chi connectivity index (χ1v) is 6.18. The standard InChI is InChI=1S/C9H17N3O3S/c1-15-8(13)12-5-3-9(16-2,4-6-12)7(10)11-14/h14H,3-6H2,1-2H3,(H2,10,11). The van der Waals surface area contributed by atoms with Crippen LogP contribution in [0.15, 0.2) is 5.16 Å². The van der Waals surface area contributed by atoms with Gasteiger partial charge in [0.2, 0.25) is 0 Å². The van der Waals surface area contributed by atoms with E-state index in [1.165, 1.54) is 7.11 Å². The lowest BCUT2D eigenvalue weighted by molar-refractivity contribution is 0.113. The van der Waals surface area contributed by atoms with E-state index in [1.807, 2.05) is 6.26 Å². The summed E-state index contributed by atoms with van der Waals surface area (Å²) in [5.74, 6) is 0.226. The molecule has 1 amide bonds. The molecule has 6 nitrogen and oxygen atoms in total. The highest BCUT2D eigenvalue weighted by molar-refractivity contribution is 8.00. The van der Waals surface area contributed by atoms with E-state index in [4.69, 9.17) is 10.9 Å². The molecule has 1 aliphatic rings. The van der Waals surface area contributed by atoms with Gasteiger partial charge in [0.1, 0.15) is 0 Å². The van der Waals surface area contributed by atoms with Crippen molar-refractivity contribution < 1.29 is 14.7 Å². The number of likely N-dealkylation sites (tertiary alicyclic amines) is 1. The zero-order valence-corrected chi connectivity index (χ0v) is 10.3. The van der Waals surface area contributed by atoms with Crippen molar-refractivity contribution in [2.24, 2.45) is 10.9 Å². The van der Waals surface area contributed by atoms with Crippen molar-refractivity contribution in [2.45, 2.75) is 17.6 Å². The summed E-state index contributed by atoms with van der Waals surface area (Å²) in [6.45, 7) is 1.12.